The highest BCUT2D eigenvalue weighted by atomic mass is 35.5. The summed E-state index contributed by atoms with van der Waals surface area (Å²) in [5.41, 5.74) is 1.32. The highest BCUT2D eigenvalue weighted by Gasteiger charge is 2.23. The molecule has 1 aromatic rings. The van der Waals surface area contributed by atoms with Gasteiger partial charge in [0.25, 0.3) is 0 Å². The Labute approximate surface area is 101 Å². The normalized spacial score (nSPS) is 22.1. The molecule has 1 heterocycles. The molecule has 2 rings (SSSR count). The van der Waals surface area contributed by atoms with Gasteiger partial charge >= 0.3 is 0 Å². The van der Waals surface area contributed by atoms with Crippen LogP contribution in [0.25, 0.3) is 0 Å². The molecule has 0 aliphatic carbocycles. The molecule has 82 valence electrons. The number of benzene rings is 1. The second-order valence-electron chi connectivity index (χ2n) is 4.05. The molecule has 3 heteroatoms. The Balaban J connectivity index is 1.99. The van der Waals surface area contributed by atoms with Gasteiger partial charge in [0.2, 0.25) is 0 Å². The van der Waals surface area contributed by atoms with E-state index in [0.29, 0.717) is 6.04 Å². The van der Waals surface area contributed by atoms with Crippen molar-refractivity contribution in [2.24, 2.45) is 0 Å². The van der Waals surface area contributed by atoms with Crippen LogP contribution in [0.4, 0.5) is 0 Å². The second kappa shape index (κ2) is 5.20. The molecule has 1 saturated heterocycles. The Morgan fingerprint density at radius 2 is 2.00 bits per heavy atom. The van der Waals surface area contributed by atoms with Crippen LogP contribution in [0.1, 0.15) is 18.4 Å². The van der Waals surface area contributed by atoms with Crippen molar-refractivity contribution in [1.29, 1.82) is 0 Å². The molecule has 1 aliphatic heterocycles. The van der Waals surface area contributed by atoms with Gasteiger partial charge in [-0.3, -0.25) is 4.90 Å². The first-order valence-corrected chi connectivity index (χ1v) is 6.25. The zero-order chi connectivity index (χ0) is 10.7. The first kappa shape index (κ1) is 11.3. The molecule has 1 aromatic carbocycles. The summed E-state index contributed by atoms with van der Waals surface area (Å²) in [5, 5.41) is 0.800. The van der Waals surface area contributed by atoms with E-state index in [0.717, 1.165) is 17.4 Å². The fourth-order valence-corrected chi connectivity index (χ4v) is 2.58. The fraction of sp³-hybridized carbons (Fsp3) is 0.500. The number of likely N-dealkylation sites (tertiary alicyclic amines) is 1. The van der Waals surface area contributed by atoms with Gasteiger partial charge in [-0.05, 0) is 37.1 Å². The van der Waals surface area contributed by atoms with Gasteiger partial charge in [-0.2, -0.15) is 0 Å². The van der Waals surface area contributed by atoms with Crippen LogP contribution >= 0.6 is 23.2 Å². The van der Waals surface area contributed by atoms with Crippen LogP contribution in [-0.2, 0) is 6.54 Å². The molecule has 0 aromatic heterocycles. The van der Waals surface area contributed by atoms with Crippen molar-refractivity contribution in [3.8, 4) is 0 Å². The second-order valence-corrected chi connectivity index (χ2v) is 4.79. The van der Waals surface area contributed by atoms with Gasteiger partial charge in [0.15, 0.2) is 0 Å². The van der Waals surface area contributed by atoms with Crippen molar-refractivity contribution in [1.82, 2.24) is 4.90 Å². The lowest BCUT2D eigenvalue weighted by Crippen LogP contribution is -2.30. The lowest BCUT2D eigenvalue weighted by molar-refractivity contribution is 0.263. The van der Waals surface area contributed by atoms with Crippen molar-refractivity contribution in [3.05, 3.63) is 34.9 Å². The number of hydrogen-bond donors (Lipinski definition) is 0. The minimum Gasteiger partial charge on any atom is -0.295 e. The number of alkyl halides is 1. The molecular weight excluding hydrogens is 229 g/mol. The van der Waals surface area contributed by atoms with Crippen LogP contribution in [0, 0.1) is 0 Å². The highest BCUT2D eigenvalue weighted by molar-refractivity contribution is 6.30. The van der Waals surface area contributed by atoms with Crippen molar-refractivity contribution >= 4 is 23.2 Å². The van der Waals surface area contributed by atoms with Crippen molar-refractivity contribution < 1.29 is 0 Å². The largest absolute Gasteiger partial charge is 0.295 e. The van der Waals surface area contributed by atoms with Crippen LogP contribution in [-0.4, -0.2) is 23.4 Å². The molecule has 0 N–H and O–H groups in total. The molecule has 1 unspecified atom stereocenters. The van der Waals surface area contributed by atoms with Crippen LogP contribution in [0.15, 0.2) is 24.3 Å². The van der Waals surface area contributed by atoms with E-state index in [1.54, 1.807) is 0 Å². The molecule has 1 fully saturated rings. The molecule has 15 heavy (non-hydrogen) atoms. The Morgan fingerprint density at radius 3 is 2.67 bits per heavy atom. The standard InChI is InChI=1S/C12H15Cl2N/c13-8-12-2-1-7-15(12)9-10-3-5-11(14)6-4-10/h3-6,12H,1-2,7-9H2. The molecule has 1 nitrogen and oxygen atoms in total. The summed E-state index contributed by atoms with van der Waals surface area (Å²) >= 11 is 11.8. The molecule has 0 radical (unpaired) electrons. The minimum absolute atomic E-state index is 0.558. The van der Waals surface area contributed by atoms with Crippen LogP contribution in [0.3, 0.4) is 0 Å². The van der Waals surface area contributed by atoms with E-state index < -0.39 is 0 Å². The van der Waals surface area contributed by atoms with Gasteiger partial charge in [-0.25, -0.2) is 0 Å². The maximum absolute atomic E-state index is 5.93. The first-order valence-electron chi connectivity index (χ1n) is 5.34. The van der Waals surface area contributed by atoms with Crippen LogP contribution < -0.4 is 0 Å². The summed E-state index contributed by atoms with van der Waals surface area (Å²) in [7, 11) is 0. The number of hydrogen-bond acceptors (Lipinski definition) is 1. The van der Waals surface area contributed by atoms with E-state index in [2.05, 4.69) is 17.0 Å². The number of nitrogens with zero attached hydrogens (tertiary/aromatic N) is 1. The Bertz CT molecular complexity index is 310. The average molecular weight is 244 g/mol. The van der Waals surface area contributed by atoms with Gasteiger partial charge in [0.1, 0.15) is 0 Å². The predicted molar refractivity (Wildman–Crippen MR) is 65.6 cm³/mol. The summed E-state index contributed by atoms with van der Waals surface area (Å²) in [5.74, 6) is 0.744. The number of rotatable bonds is 3. The van der Waals surface area contributed by atoms with Gasteiger partial charge in [0.05, 0.1) is 0 Å². The zero-order valence-electron chi connectivity index (χ0n) is 8.63. The third-order valence-electron chi connectivity index (χ3n) is 2.98. The molecule has 0 spiro atoms. The predicted octanol–water partition coefficient (Wildman–Crippen LogP) is 3.54. The minimum atomic E-state index is 0.558. The lowest BCUT2D eigenvalue weighted by atomic mass is 10.2. The quantitative estimate of drug-likeness (QED) is 0.735. The maximum atomic E-state index is 5.93. The SMILES string of the molecule is ClCC1CCCN1Cc1ccc(Cl)cc1. The third-order valence-corrected chi connectivity index (χ3v) is 3.58. The Kier molecular flexibility index (Phi) is 3.90. The Hall–Kier alpha value is -0.240. The highest BCUT2D eigenvalue weighted by Crippen LogP contribution is 2.21. The summed E-state index contributed by atoms with van der Waals surface area (Å²) in [6.45, 7) is 2.16. The van der Waals surface area contributed by atoms with Crippen molar-refractivity contribution in [3.63, 3.8) is 0 Å². The Morgan fingerprint density at radius 1 is 1.27 bits per heavy atom. The van der Waals surface area contributed by atoms with Gasteiger partial charge in [-0.1, -0.05) is 23.7 Å². The zero-order valence-corrected chi connectivity index (χ0v) is 10.1. The van der Waals surface area contributed by atoms with E-state index in [4.69, 9.17) is 23.2 Å². The average Bonchev–Trinajstić information content (AvgIpc) is 2.69. The van der Waals surface area contributed by atoms with E-state index >= 15 is 0 Å². The number of halogens is 2. The molecule has 1 atom stereocenters. The maximum Gasteiger partial charge on any atom is 0.0406 e. The lowest BCUT2D eigenvalue weighted by Gasteiger charge is -2.22. The van der Waals surface area contributed by atoms with E-state index in [-0.39, 0.29) is 0 Å². The van der Waals surface area contributed by atoms with E-state index in [9.17, 15) is 0 Å². The van der Waals surface area contributed by atoms with Gasteiger partial charge in [0, 0.05) is 23.5 Å². The molecule has 0 amide bonds. The first-order chi connectivity index (χ1) is 7.29. The fourth-order valence-electron chi connectivity index (χ4n) is 2.10. The van der Waals surface area contributed by atoms with Gasteiger partial charge in [-0.15, -0.1) is 11.6 Å². The smallest absolute Gasteiger partial charge is 0.0406 e. The monoisotopic (exact) mass is 243 g/mol. The topological polar surface area (TPSA) is 3.24 Å². The summed E-state index contributed by atoms with van der Waals surface area (Å²) in [6.07, 6.45) is 2.50. The van der Waals surface area contributed by atoms with E-state index in [1.165, 1.54) is 24.9 Å². The van der Waals surface area contributed by atoms with Crippen LogP contribution in [0.5, 0.6) is 0 Å². The molecule has 1 aliphatic rings. The van der Waals surface area contributed by atoms with Crippen molar-refractivity contribution in [2.45, 2.75) is 25.4 Å². The summed E-state index contributed by atoms with van der Waals surface area (Å²) in [4.78, 5) is 2.45. The summed E-state index contributed by atoms with van der Waals surface area (Å²) < 4.78 is 0. The third kappa shape index (κ3) is 2.87. The van der Waals surface area contributed by atoms with Gasteiger partial charge < -0.3 is 0 Å². The molecule has 0 bridgehead atoms. The summed E-state index contributed by atoms with van der Waals surface area (Å²) in [6, 6.07) is 8.63. The van der Waals surface area contributed by atoms with Crippen molar-refractivity contribution in [2.75, 3.05) is 12.4 Å². The van der Waals surface area contributed by atoms with E-state index in [1.807, 2.05) is 12.1 Å². The van der Waals surface area contributed by atoms with Crippen LogP contribution in [0.2, 0.25) is 5.02 Å². The molecule has 0 saturated carbocycles. The molecular formula is C12H15Cl2N.